The number of benzene rings is 1. The summed E-state index contributed by atoms with van der Waals surface area (Å²) in [6, 6.07) is 15.8. The van der Waals surface area contributed by atoms with Gasteiger partial charge in [0.05, 0.1) is 10.9 Å². The lowest BCUT2D eigenvalue weighted by molar-refractivity contribution is -0.122. The van der Waals surface area contributed by atoms with Gasteiger partial charge < -0.3 is 20.7 Å². The fraction of sp³-hybridized carbons (Fsp3) is 0.444. The normalized spacial score (nSPS) is 18.1. The van der Waals surface area contributed by atoms with Crippen LogP contribution in [0.4, 0.5) is 0 Å². The Kier molecular flexibility index (Phi) is 10.1. The number of thiophene rings is 1. The molecule has 0 bridgehead atoms. The van der Waals surface area contributed by atoms with Gasteiger partial charge in [-0.05, 0) is 91.4 Å². The van der Waals surface area contributed by atoms with E-state index in [0.717, 1.165) is 65.8 Å². The molecule has 6 rings (SSSR count). The monoisotopic (exact) mass is 643 g/mol. The number of carboxylic acid groups (broad SMARTS) is 1. The summed E-state index contributed by atoms with van der Waals surface area (Å²) in [5.41, 5.74) is 5.90. The molecule has 1 saturated heterocycles. The van der Waals surface area contributed by atoms with Gasteiger partial charge in [-0.1, -0.05) is 45.0 Å². The van der Waals surface area contributed by atoms with E-state index in [9.17, 15) is 9.59 Å². The molecule has 2 aliphatic rings. The molecule has 0 spiro atoms. The number of likely N-dealkylation sites (tertiary alicyclic amines) is 1. The van der Waals surface area contributed by atoms with E-state index >= 15 is 0 Å². The molecule has 4 aromatic rings. The number of nitrogens with one attached hydrogen (secondary N) is 3. The van der Waals surface area contributed by atoms with Crippen molar-refractivity contribution in [1.29, 1.82) is 0 Å². The number of aromatic amines is 1. The molecule has 4 N–H and O–H groups in total. The Hall–Kier alpha value is -3.86. The first-order valence-corrected chi connectivity index (χ1v) is 16.7. The Morgan fingerprint density at radius 3 is 2.50 bits per heavy atom. The van der Waals surface area contributed by atoms with Gasteiger partial charge in [0, 0.05) is 48.5 Å². The number of carbonyl (C=O) groups is 2. The molecular formula is C36H45N5O4S. The minimum Gasteiger partial charge on any atom is -0.483 e. The number of nitrogens with zero attached hydrogens (tertiary/aromatic N) is 2. The highest BCUT2D eigenvalue weighted by Crippen LogP contribution is 2.38. The molecule has 3 aromatic heterocycles. The second-order valence-corrected chi connectivity index (χ2v) is 14.9. The van der Waals surface area contributed by atoms with E-state index in [2.05, 4.69) is 78.5 Å². The Morgan fingerprint density at radius 1 is 1.17 bits per heavy atom. The predicted octanol–water partition coefficient (Wildman–Crippen LogP) is 5.66. The number of carbonyl (C=O) groups excluding carboxylic acids is 1. The maximum Gasteiger partial charge on any atom is 0.290 e. The van der Waals surface area contributed by atoms with Crippen molar-refractivity contribution in [3.05, 3.63) is 86.8 Å². The lowest BCUT2D eigenvalue weighted by Gasteiger charge is -2.48. The average Bonchev–Trinajstić information content (AvgIpc) is 3.44. The van der Waals surface area contributed by atoms with Crippen molar-refractivity contribution < 1.29 is 14.7 Å². The van der Waals surface area contributed by atoms with E-state index in [1.54, 1.807) is 6.20 Å². The lowest BCUT2D eigenvalue weighted by atomic mass is 9.71. The van der Waals surface area contributed by atoms with Crippen molar-refractivity contribution >= 4 is 33.9 Å². The van der Waals surface area contributed by atoms with Gasteiger partial charge in [0.15, 0.2) is 0 Å². The zero-order chi connectivity index (χ0) is 33.1. The number of pyridine rings is 2. The quantitative estimate of drug-likeness (QED) is 0.183. The number of amides is 1. The van der Waals surface area contributed by atoms with E-state index in [1.165, 1.54) is 35.1 Å². The van der Waals surface area contributed by atoms with Crippen molar-refractivity contribution in [3.8, 4) is 11.1 Å². The molecule has 4 heterocycles. The first-order valence-electron chi connectivity index (χ1n) is 15.9. The smallest absolute Gasteiger partial charge is 0.290 e. The summed E-state index contributed by atoms with van der Waals surface area (Å²) in [7, 11) is 2.02. The predicted molar refractivity (Wildman–Crippen MR) is 185 cm³/mol. The van der Waals surface area contributed by atoms with Crippen LogP contribution in [0, 0.1) is 11.3 Å². The minimum absolute atomic E-state index is 0.0491. The van der Waals surface area contributed by atoms with Crippen molar-refractivity contribution in [1.82, 2.24) is 25.5 Å². The van der Waals surface area contributed by atoms with E-state index in [1.807, 2.05) is 19.2 Å². The maximum absolute atomic E-state index is 13.7. The van der Waals surface area contributed by atoms with E-state index in [-0.39, 0.29) is 34.9 Å². The number of likely N-dealkylation sites (N-methyl/N-ethyl adjacent to an activating group) is 1. The van der Waals surface area contributed by atoms with E-state index < -0.39 is 0 Å². The molecule has 1 fully saturated rings. The summed E-state index contributed by atoms with van der Waals surface area (Å²) >= 11 is 1.49. The van der Waals surface area contributed by atoms with Crippen LogP contribution in [-0.2, 0) is 17.6 Å². The first kappa shape index (κ1) is 33.5. The molecule has 1 aliphatic heterocycles. The molecule has 1 amide bonds. The van der Waals surface area contributed by atoms with Gasteiger partial charge in [-0.25, -0.2) is 4.98 Å². The molecule has 0 radical (unpaired) electrons. The number of aromatic nitrogens is 2. The van der Waals surface area contributed by atoms with Crippen molar-refractivity contribution in [3.63, 3.8) is 0 Å². The van der Waals surface area contributed by atoms with E-state index in [4.69, 9.17) is 14.9 Å². The second-order valence-electron chi connectivity index (χ2n) is 13.9. The molecule has 0 unspecified atom stereocenters. The Morgan fingerprint density at radius 2 is 1.87 bits per heavy atom. The van der Waals surface area contributed by atoms with Crippen molar-refractivity contribution in [2.24, 2.45) is 11.3 Å². The number of rotatable bonds is 8. The van der Waals surface area contributed by atoms with Crippen LogP contribution in [0.2, 0.25) is 0 Å². The van der Waals surface area contributed by atoms with Crippen LogP contribution in [-0.4, -0.2) is 64.6 Å². The molecule has 2 atom stereocenters. The zero-order valence-corrected chi connectivity index (χ0v) is 28.2. The molecule has 0 saturated carbocycles. The molecule has 9 nitrogen and oxygen atoms in total. The maximum atomic E-state index is 13.7. The van der Waals surface area contributed by atoms with Crippen LogP contribution in [0.15, 0.2) is 59.5 Å². The SMILES string of the molecule is CNC1(C)CN(CC[C@@H](NC(=O)c2cc3cc4c(nc3s2)CC[C@H](C(C)(C)C)C4)c2ccc(-c3ccc(=O)[nH]c3)cc2)C1.O=CO. The van der Waals surface area contributed by atoms with Crippen LogP contribution < -0.4 is 16.2 Å². The third kappa shape index (κ3) is 7.74. The van der Waals surface area contributed by atoms with Crippen molar-refractivity contribution in [2.75, 3.05) is 26.7 Å². The van der Waals surface area contributed by atoms with Gasteiger partial charge in [-0.3, -0.25) is 19.3 Å². The number of fused-ring (bicyclic) bond motifs is 2. The van der Waals surface area contributed by atoms with Crippen LogP contribution >= 0.6 is 11.3 Å². The highest BCUT2D eigenvalue weighted by molar-refractivity contribution is 7.20. The summed E-state index contributed by atoms with van der Waals surface area (Å²) in [6.45, 7) is 11.9. The van der Waals surface area contributed by atoms with Gasteiger partial charge in [0.2, 0.25) is 5.56 Å². The van der Waals surface area contributed by atoms with Crippen LogP contribution in [0.25, 0.3) is 21.3 Å². The summed E-state index contributed by atoms with van der Waals surface area (Å²) in [6.07, 6.45) is 5.78. The first-order chi connectivity index (χ1) is 21.9. The van der Waals surface area contributed by atoms with Crippen LogP contribution in [0.3, 0.4) is 0 Å². The summed E-state index contributed by atoms with van der Waals surface area (Å²) in [4.78, 5) is 45.4. The summed E-state index contributed by atoms with van der Waals surface area (Å²) in [5, 5.41) is 14.7. The van der Waals surface area contributed by atoms with Gasteiger partial charge >= 0.3 is 0 Å². The molecular weight excluding hydrogens is 598 g/mol. The van der Waals surface area contributed by atoms with Crippen LogP contribution in [0.5, 0.6) is 0 Å². The molecule has 46 heavy (non-hydrogen) atoms. The molecule has 1 aromatic carbocycles. The van der Waals surface area contributed by atoms with Gasteiger partial charge in [-0.2, -0.15) is 0 Å². The number of H-pyrrole nitrogens is 1. The Labute approximate surface area is 274 Å². The largest absolute Gasteiger partial charge is 0.483 e. The highest BCUT2D eigenvalue weighted by Gasteiger charge is 2.37. The third-order valence-electron chi connectivity index (χ3n) is 9.54. The molecule has 10 heteroatoms. The van der Waals surface area contributed by atoms with E-state index in [0.29, 0.717) is 10.8 Å². The van der Waals surface area contributed by atoms with Gasteiger partial charge in [-0.15, -0.1) is 11.3 Å². The molecule has 244 valence electrons. The lowest BCUT2D eigenvalue weighted by Crippen LogP contribution is -2.66. The van der Waals surface area contributed by atoms with Gasteiger partial charge in [0.1, 0.15) is 4.83 Å². The Bertz CT molecular complexity index is 1710. The van der Waals surface area contributed by atoms with Gasteiger partial charge in [0.25, 0.3) is 12.4 Å². The highest BCUT2D eigenvalue weighted by atomic mass is 32.1. The topological polar surface area (TPSA) is 127 Å². The number of hydrogen-bond acceptors (Lipinski definition) is 7. The minimum atomic E-state index is -0.250. The fourth-order valence-corrected chi connectivity index (χ4v) is 7.53. The van der Waals surface area contributed by atoms with Crippen molar-refractivity contribution in [2.45, 2.75) is 65.0 Å². The zero-order valence-electron chi connectivity index (χ0n) is 27.4. The number of hydrogen-bond donors (Lipinski definition) is 4. The second kappa shape index (κ2) is 13.9. The third-order valence-corrected chi connectivity index (χ3v) is 10.6. The molecule has 1 aliphatic carbocycles. The summed E-state index contributed by atoms with van der Waals surface area (Å²) < 4.78 is 0. The summed E-state index contributed by atoms with van der Waals surface area (Å²) in [5.74, 6) is 0.598. The standard InChI is InChI=1S/C35H43N5O2S.CH2O2/c1-34(2,3)27-11-12-28-25(17-27)16-26-18-30(43-33(26)39-28)32(42)38-29(14-15-40-20-35(4,21-40)36-5)23-8-6-22(7-9-23)24-10-13-31(41)37-19-24;2-1-3/h6-10,13,16,18-19,27,29,36H,11-12,14-15,17,20-21H2,1-5H3,(H,37,41)(H,38,42);1H,(H,2,3)/t27-,29+;/m0./s1. The average molecular weight is 644 g/mol. The van der Waals surface area contributed by atoms with Crippen LogP contribution in [0.1, 0.15) is 73.1 Å². The fourth-order valence-electron chi connectivity index (χ4n) is 6.59. The number of aryl methyl sites for hydroxylation is 1. The Balaban J connectivity index is 0.00000134.